The Kier molecular flexibility index (Phi) is 7.29. The van der Waals surface area contributed by atoms with Crippen LogP contribution in [-0.2, 0) is 27.0 Å². The van der Waals surface area contributed by atoms with Gasteiger partial charge in [-0.1, -0.05) is 19.4 Å². The van der Waals surface area contributed by atoms with Crippen LogP contribution in [0, 0.1) is 0 Å². The molecule has 1 heterocycles. The van der Waals surface area contributed by atoms with Crippen LogP contribution >= 0.6 is 0 Å². The van der Waals surface area contributed by atoms with Crippen molar-refractivity contribution in [3.05, 3.63) is 35.0 Å². The maximum absolute atomic E-state index is 12.0. The van der Waals surface area contributed by atoms with E-state index in [-0.39, 0.29) is 36.2 Å². The molecule has 0 aliphatic carbocycles. The molecule has 1 N–H and O–H groups in total. The number of H-pyrrole nitrogens is 1. The zero-order valence-corrected chi connectivity index (χ0v) is 16.3. The van der Waals surface area contributed by atoms with Crippen molar-refractivity contribution >= 4 is 27.0 Å². The fraction of sp³-hybridized carbons (Fsp3) is 0.400. The van der Waals surface area contributed by atoms with Crippen molar-refractivity contribution in [2.75, 3.05) is 6.61 Å². The van der Waals surface area contributed by atoms with Crippen molar-refractivity contribution < 1.29 is 52.1 Å². The van der Waals surface area contributed by atoms with Crippen LogP contribution in [0.15, 0.2) is 18.2 Å². The third-order valence-electron chi connectivity index (χ3n) is 3.29. The minimum Gasteiger partial charge on any atom is -0.748 e. The van der Waals surface area contributed by atoms with Crippen molar-refractivity contribution in [2.24, 2.45) is 0 Å². The molecule has 0 bridgehead atoms. The molecule has 0 saturated carbocycles. The quantitative estimate of drug-likeness (QED) is 0.425. The van der Waals surface area contributed by atoms with Crippen LogP contribution in [0.2, 0.25) is 0 Å². The number of ether oxygens (including phenoxy) is 1. The Bertz CT molecular complexity index is 798. The van der Waals surface area contributed by atoms with Gasteiger partial charge in [-0.3, -0.25) is 0 Å². The largest absolute Gasteiger partial charge is 1.00 e. The predicted molar refractivity (Wildman–Crippen MR) is 81.7 cm³/mol. The third-order valence-corrected chi connectivity index (χ3v) is 3.98. The molecule has 0 radical (unpaired) electrons. The fourth-order valence-electron chi connectivity index (χ4n) is 2.48. The van der Waals surface area contributed by atoms with Crippen LogP contribution in [0.3, 0.4) is 0 Å². The minimum absolute atomic E-state index is 0. The zero-order valence-electron chi connectivity index (χ0n) is 13.5. The molecule has 120 valence electrons. The molecule has 6 nitrogen and oxygen atoms in total. The van der Waals surface area contributed by atoms with Crippen molar-refractivity contribution in [2.45, 2.75) is 32.4 Å². The average Bonchev–Trinajstić information content (AvgIpc) is 2.76. The van der Waals surface area contributed by atoms with E-state index in [9.17, 15) is 17.8 Å². The van der Waals surface area contributed by atoms with Gasteiger partial charge in [-0.05, 0) is 36.6 Å². The van der Waals surface area contributed by atoms with E-state index in [0.717, 1.165) is 22.9 Å². The number of aromatic amines is 1. The SMILES string of the molecule is CCCc1c(C(=O)OCC)[nH]c2ccc(CS(=O)(=O)[O-])cc12.[Na+]. The molecule has 2 aromatic rings. The molecule has 8 heteroatoms. The first-order chi connectivity index (χ1) is 10.4. The Morgan fingerprint density at radius 2 is 2.00 bits per heavy atom. The molecule has 0 aliphatic heterocycles. The maximum Gasteiger partial charge on any atom is 1.00 e. The van der Waals surface area contributed by atoms with E-state index >= 15 is 0 Å². The van der Waals surface area contributed by atoms with Crippen LogP contribution in [0.5, 0.6) is 0 Å². The molecule has 2 rings (SSSR count). The number of aromatic nitrogens is 1. The topological polar surface area (TPSA) is 99.3 Å². The van der Waals surface area contributed by atoms with Crippen LogP contribution in [0.25, 0.3) is 10.9 Å². The van der Waals surface area contributed by atoms with E-state index in [2.05, 4.69) is 4.98 Å². The predicted octanol–water partition coefficient (Wildman–Crippen LogP) is -0.654. The molecule has 0 atom stereocenters. The minimum atomic E-state index is -4.34. The second-order valence-corrected chi connectivity index (χ2v) is 6.44. The molecule has 0 aliphatic rings. The molecule has 0 fully saturated rings. The van der Waals surface area contributed by atoms with Crippen molar-refractivity contribution in [1.82, 2.24) is 4.98 Å². The van der Waals surface area contributed by atoms with Gasteiger partial charge in [-0.25, -0.2) is 13.2 Å². The summed E-state index contributed by atoms with van der Waals surface area (Å²) < 4.78 is 37.8. The number of carbonyl (C=O) groups is 1. The Hall–Kier alpha value is -0.860. The van der Waals surface area contributed by atoms with Crippen molar-refractivity contribution in [3.8, 4) is 0 Å². The van der Waals surface area contributed by atoms with E-state index in [1.54, 1.807) is 25.1 Å². The standard InChI is InChI=1S/C15H19NO5S.Na/c1-3-5-11-12-8-10(9-22(18,19)20)6-7-13(12)16-14(11)15(17)21-4-2;/h6-8,16H,3-5,9H2,1-2H3,(H,18,19,20);/q;+1/p-1. The number of hydrogen-bond acceptors (Lipinski definition) is 5. The molecule has 1 aromatic heterocycles. The van der Waals surface area contributed by atoms with Crippen LogP contribution in [-0.4, -0.2) is 30.5 Å². The number of fused-ring (bicyclic) bond motifs is 1. The van der Waals surface area contributed by atoms with Crippen LogP contribution in [0.1, 0.15) is 41.9 Å². The summed E-state index contributed by atoms with van der Waals surface area (Å²) in [7, 11) is -4.34. The molecule has 23 heavy (non-hydrogen) atoms. The molecule has 0 saturated heterocycles. The summed E-state index contributed by atoms with van der Waals surface area (Å²) >= 11 is 0. The molecule has 0 spiro atoms. The summed E-state index contributed by atoms with van der Waals surface area (Å²) in [5, 5.41) is 0.756. The number of benzene rings is 1. The van der Waals surface area contributed by atoms with E-state index in [4.69, 9.17) is 4.74 Å². The number of aryl methyl sites for hydroxylation is 1. The first-order valence-corrected chi connectivity index (χ1v) is 8.67. The Balaban J connectivity index is 0.00000264. The second kappa shape index (κ2) is 8.30. The van der Waals surface area contributed by atoms with Gasteiger partial charge in [0, 0.05) is 10.9 Å². The van der Waals surface area contributed by atoms with Gasteiger partial charge in [-0.2, -0.15) is 0 Å². The summed E-state index contributed by atoms with van der Waals surface area (Å²) in [6.45, 7) is 4.00. The van der Waals surface area contributed by atoms with Crippen LogP contribution < -0.4 is 29.6 Å². The molecular weight excluding hydrogens is 329 g/mol. The van der Waals surface area contributed by atoms with Crippen LogP contribution in [0.4, 0.5) is 0 Å². The van der Waals surface area contributed by atoms with Gasteiger partial charge in [0.2, 0.25) is 0 Å². The van der Waals surface area contributed by atoms with Gasteiger partial charge in [0.25, 0.3) is 0 Å². The first-order valence-electron chi connectivity index (χ1n) is 7.09. The fourth-order valence-corrected chi connectivity index (χ4v) is 3.06. The number of nitrogens with one attached hydrogen (secondary N) is 1. The normalized spacial score (nSPS) is 11.3. The van der Waals surface area contributed by atoms with Gasteiger partial charge in [0.1, 0.15) is 5.69 Å². The van der Waals surface area contributed by atoms with Gasteiger partial charge in [0.15, 0.2) is 0 Å². The number of esters is 1. The van der Waals surface area contributed by atoms with Gasteiger partial charge in [-0.15, -0.1) is 0 Å². The Morgan fingerprint density at radius 3 is 2.57 bits per heavy atom. The average molecular weight is 347 g/mol. The first kappa shape index (κ1) is 20.2. The Labute approximate surface area is 157 Å². The van der Waals surface area contributed by atoms with E-state index in [1.165, 1.54) is 0 Å². The summed E-state index contributed by atoms with van der Waals surface area (Å²) in [5.74, 6) is -0.992. The Morgan fingerprint density at radius 1 is 1.30 bits per heavy atom. The molecule has 0 unspecified atom stereocenters. The van der Waals surface area contributed by atoms with Gasteiger partial charge >= 0.3 is 35.5 Å². The van der Waals surface area contributed by atoms with E-state index in [0.29, 0.717) is 17.7 Å². The molecule has 1 aromatic carbocycles. The number of rotatable bonds is 6. The molecular formula is C15H18NNaO5S. The number of hydrogen-bond donors (Lipinski definition) is 1. The monoisotopic (exact) mass is 347 g/mol. The van der Waals surface area contributed by atoms with E-state index < -0.39 is 21.8 Å². The third kappa shape index (κ3) is 5.06. The summed E-state index contributed by atoms with van der Waals surface area (Å²) in [6, 6.07) is 4.89. The zero-order chi connectivity index (χ0) is 16.3. The van der Waals surface area contributed by atoms with Crippen molar-refractivity contribution in [3.63, 3.8) is 0 Å². The molecule has 0 amide bonds. The summed E-state index contributed by atoms with van der Waals surface area (Å²) in [4.78, 5) is 15.0. The van der Waals surface area contributed by atoms with Gasteiger partial charge in [0.05, 0.1) is 22.5 Å². The van der Waals surface area contributed by atoms with Crippen molar-refractivity contribution in [1.29, 1.82) is 0 Å². The maximum atomic E-state index is 12.0. The summed E-state index contributed by atoms with van der Waals surface area (Å²) in [5.41, 5.74) is 2.31. The summed E-state index contributed by atoms with van der Waals surface area (Å²) in [6.07, 6.45) is 1.48. The number of carbonyl (C=O) groups excluding carboxylic acids is 1. The second-order valence-electron chi connectivity index (χ2n) is 5.03. The van der Waals surface area contributed by atoms with E-state index in [1.807, 2.05) is 6.92 Å². The smallest absolute Gasteiger partial charge is 0.748 e. The van der Waals surface area contributed by atoms with Gasteiger partial charge < -0.3 is 14.3 Å².